The van der Waals surface area contributed by atoms with E-state index in [1.54, 1.807) is 31.2 Å². The molecule has 1 aromatic carbocycles. The van der Waals surface area contributed by atoms with E-state index >= 15 is 0 Å². The smallest absolute Gasteiger partial charge is 0.252 e. The molecular weight excluding hydrogens is 152 g/mol. The van der Waals surface area contributed by atoms with Crippen LogP contribution in [0.15, 0.2) is 24.3 Å². The van der Waals surface area contributed by atoms with Crippen LogP contribution in [0, 0.1) is 6.07 Å². The highest BCUT2D eigenvalue weighted by Gasteiger charge is 2.04. The Balaban J connectivity index is 2.66. The zero-order valence-electron chi connectivity index (χ0n) is 6.87. The van der Waals surface area contributed by atoms with E-state index in [-0.39, 0.29) is 12.1 Å². The Kier molecular flexibility index (Phi) is 2.82. The molecule has 1 atom stereocenters. The van der Waals surface area contributed by atoms with Crippen molar-refractivity contribution in [2.24, 2.45) is 5.73 Å². The summed E-state index contributed by atoms with van der Waals surface area (Å²) in [6.45, 7) is 1.72. The normalized spacial score (nSPS) is 12.2. The van der Waals surface area contributed by atoms with Crippen LogP contribution in [0.1, 0.15) is 17.3 Å². The fraction of sp³-hybridized carbons (Fsp3) is 0.222. The van der Waals surface area contributed by atoms with Crippen LogP contribution in [0.25, 0.3) is 0 Å². The number of carbonyl (C=O) groups excluding carboxylic acids is 1. The Labute approximate surface area is 71.6 Å². The minimum atomic E-state index is -0.318. The van der Waals surface area contributed by atoms with Gasteiger partial charge in [-0.3, -0.25) is 4.79 Å². The molecule has 1 unspecified atom stereocenters. The minimum absolute atomic E-state index is 0.154. The lowest BCUT2D eigenvalue weighted by atomic mass is 10.2. The van der Waals surface area contributed by atoms with Gasteiger partial charge in [-0.25, -0.2) is 0 Å². The summed E-state index contributed by atoms with van der Waals surface area (Å²) in [5.74, 6) is -0.154. The Hall–Kier alpha value is -1.35. The van der Waals surface area contributed by atoms with Crippen molar-refractivity contribution in [3.8, 4) is 0 Å². The molecule has 0 saturated carbocycles. The number of hydrogen-bond donors (Lipinski definition) is 2. The number of nitrogens with two attached hydrogens (primary N) is 1. The first-order chi connectivity index (χ1) is 5.70. The van der Waals surface area contributed by atoms with Crippen molar-refractivity contribution < 1.29 is 4.79 Å². The Morgan fingerprint density at radius 3 is 2.67 bits per heavy atom. The predicted octanol–water partition coefficient (Wildman–Crippen LogP) is 0.521. The van der Waals surface area contributed by atoms with Crippen LogP contribution in [0.5, 0.6) is 0 Å². The molecule has 0 aliphatic carbocycles. The van der Waals surface area contributed by atoms with E-state index < -0.39 is 0 Å². The van der Waals surface area contributed by atoms with Gasteiger partial charge in [0.15, 0.2) is 0 Å². The number of hydrogen-bond acceptors (Lipinski definition) is 2. The number of benzene rings is 1. The number of amides is 1. The summed E-state index contributed by atoms with van der Waals surface area (Å²) in [7, 11) is 0. The van der Waals surface area contributed by atoms with E-state index in [1.807, 2.05) is 0 Å². The van der Waals surface area contributed by atoms with Crippen molar-refractivity contribution in [2.75, 3.05) is 0 Å². The highest BCUT2D eigenvalue weighted by molar-refractivity contribution is 5.94. The summed E-state index contributed by atoms with van der Waals surface area (Å²) in [6, 6.07) is 9.60. The molecule has 0 aliphatic rings. The maximum atomic E-state index is 11.3. The molecular formula is C9H11N2O. The molecule has 3 nitrogen and oxygen atoms in total. The third-order valence-corrected chi connectivity index (χ3v) is 1.34. The Bertz CT molecular complexity index is 256. The molecule has 0 spiro atoms. The van der Waals surface area contributed by atoms with E-state index in [1.165, 1.54) is 0 Å². The molecule has 1 radical (unpaired) electrons. The van der Waals surface area contributed by atoms with Crippen molar-refractivity contribution in [1.82, 2.24) is 5.32 Å². The lowest BCUT2D eigenvalue weighted by molar-refractivity contribution is 0.0941. The number of rotatable bonds is 2. The molecule has 1 aromatic rings. The van der Waals surface area contributed by atoms with Crippen molar-refractivity contribution in [3.05, 3.63) is 35.9 Å². The first-order valence-electron chi connectivity index (χ1n) is 3.72. The summed E-state index contributed by atoms with van der Waals surface area (Å²) in [5.41, 5.74) is 5.99. The van der Waals surface area contributed by atoms with Gasteiger partial charge in [-0.15, -0.1) is 0 Å². The zero-order valence-corrected chi connectivity index (χ0v) is 6.87. The van der Waals surface area contributed by atoms with Gasteiger partial charge in [0.1, 0.15) is 0 Å². The average Bonchev–Trinajstić information content (AvgIpc) is 2.05. The van der Waals surface area contributed by atoms with E-state index in [4.69, 9.17) is 5.73 Å². The van der Waals surface area contributed by atoms with Gasteiger partial charge in [-0.05, 0) is 25.1 Å². The van der Waals surface area contributed by atoms with E-state index in [2.05, 4.69) is 11.4 Å². The first kappa shape index (κ1) is 8.74. The summed E-state index contributed by atoms with van der Waals surface area (Å²) < 4.78 is 0. The predicted molar refractivity (Wildman–Crippen MR) is 46.4 cm³/mol. The summed E-state index contributed by atoms with van der Waals surface area (Å²) >= 11 is 0. The molecule has 0 bridgehead atoms. The van der Waals surface area contributed by atoms with E-state index in [0.717, 1.165) is 0 Å². The third kappa shape index (κ3) is 2.36. The van der Waals surface area contributed by atoms with Crippen LogP contribution in [-0.2, 0) is 0 Å². The van der Waals surface area contributed by atoms with Gasteiger partial charge in [0.25, 0.3) is 5.91 Å². The van der Waals surface area contributed by atoms with Crippen molar-refractivity contribution >= 4 is 5.91 Å². The van der Waals surface area contributed by atoms with Crippen molar-refractivity contribution in [1.29, 1.82) is 0 Å². The molecule has 3 N–H and O–H groups in total. The molecule has 63 valence electrons. The number of nitrogens with one attached hydrogen (secondary N) is 1. The van der Waals surface area contributed by atoms with Crippen LogP contribution in [0.3, 0.4) is 0 Å². The summed E-state index contributed by atoms with van der Waals surface area (Å²) in [4.78, 5) is 11.3. The fourth-order valence-corrected chi connectivity index (χ4v) is 0.828. The standard InChI is InChI=1S/C9H11N2O/c1-7(10)11-9(12)8-5-3-2-4-6-8/h3-7H,10H2,1H3,(H,11,12). The quantitative estimate of drug-likeness (QED) is 0.624. The highest BCUT2D eigenvalue weighted by Crippen LogP contribution is 1.96. The van der Waals surface area contributed by atoms with Gasteiger partial charge in [-0.2, -0.15) is 0 Å². The van der Waals surface area contributed by atoms with Crippen LogP contribution >= 0.6 is 0 Å². The van der Waals surface area contributed by atoms with E-state index in [0.29, 0.717) is 5.56 Å². The molecule has 3 heteroatoms. The van der Waals surface area contributed by atoms with E-state index in [9.17, 15) is 4.79 Å². The molecule has 1 amide bonds. The molecule has 12 heavy (non-hydrogen) atoms. The molecule has 0 aliphatic heterocycles. The molecule has 1 rings (SSSR count). The maximum Gasteiger partial charge on any atom is 0.252 e. The second-order valence-electron chi connectivity index (χ2n) is 2.55. The molecule has 0 aromatic heterocycles. The van der Waals surface area contributed by atoms with Gasteiger partial charge in [0.05, 0.1) is 6.17 Å². The Morgan fingerprint density at radius 1 is 1.58 bits per heavy atom. The van der Waals surface area contributed by atoms with Crippen molar-refractivity contribution in [2.45, 2.75) is 13.1 Å². The fourth-order valence-electron chi connectivity index (χ4n) is 0.828. The van der Waals surface area contributed by atoms with Crippen LogP contribution in [-0.4, -0.2) is 12.1 Å². The third-order valence-electron chi connectivity index (χ3n) is 1.34. The highest BCUT2D eigenvalue weighted by atomic mass is 16.1. The van der Waals surface area contributed by atoms with Gasteiger partial charge in [0, 0.05) is 5.56 Å². The zero-order chi connectivity index (χ0) is 8.97. The van der Waals surface area contributed by atoms with Crippen LogP contribution < -0.4 is 11.1 Å². The minimum Gasteiger partial charge on any atom is -0.337 e. The lowest BCUT2D eigenvalue weighted by Gasteiger charge is -2.07. The van der Waals surface area contributed by atoms with Gasteiger partial charge >= 0.3 is 0 Å². The second kappa shape index (κ2) is 3.88. The Morgan fingerprint density at radius 2 is 2.17 bits per heavy atom. The largest absolute Gasteiger partial charge is 0.337 e. The van der Waals surface area contributed by atoms with Crippen LogP contribution in [0.4, 0.5) is 0 Å². The molecule has 0 fully saturated rings. The average molecular weight is 163 g/mol. The number of carbonyl (C=O) groups is 1. The first-order valence-corrected chi connectivity index (χ1v) is 3.72. The monoisotopic (exact) mass is 163 g/mol. The molecule has 0 heterocycles. The lowest BCUT2D eigenvalue weighted by Crippen LogP contribution is -2.38. The van der Waals surface area contributed by atoms with Gasteiger partial charge in [-0.1, -0.05) is 12.1 Å². The summed E-state index contributed by atoms with van der Waals surface area (Å²) in [5, 5.41) is 2.58. The van der Waals surface area contributed by atoms with Crippen molar-refractivity contribution in [3.63, 3.8) is 0 Å². The topological polar surface area (TPSA) is 55.1 Å². The maximum absolute atomic E-state index is 11.3. The second-order valence-corrected chi connectivity index (χ2v) is 2.55. The summed E-state index contributed by atoms with van der Waals surface area (Å²) in [6.07, 6.45) is -0.318. The SMILES string of the molecule is CC(N)NC(=O)c1cc[c]cc1. The van der Waals surface area contributed by atoms with Gasteiger partial charge < -0.3 is 11.1 Å². The molecule has 0 saturated heterocycles. The van der Waals surface area contributed by atoms with Gasteiger partial charge in [0.2, 0.25) is 0 Å². The van der Waals surface area contributed by atoms with Crippen LogP contribution in [0.2, 0.25) is 0 Å².